The molecule has 1 aliphatic heterocycles. The molecule has 2 heterocycles. The van der Waals surface area contributed by atoms with Crippen molar-refractivity contribution in [2.45, 2.75) is 25.4 Å². The molecule has 4 heteroatoms. The molecule has 14 heavy (non-hydrogen) atoms. The van der Waals surface area contributed by atoms with E-state index in [1.165, 1.54) is 0 Å². The lowest BCUT2D eigenvalue weighted by atomic mass is 10.1. The summed E-state index contributed by atoms with van der Waals surface area (Å²) in [4.78, 5) is 11.4. The first-order valence-corrected chi connectivity index (χ1v) is 4.88. The minimum atomic E-state index is -0.0429. The first-order valence-electron chi connectivity index (χ1n) is 4.88. The molecule has 4 nitrogen and oxygen atoms in total. The van der Waals surface area contributed by atoms with Crippen molar-refractivity contribution < 1.29 is 9.21 Å². The van der Waals surface area contributed by atoms with Crippen molar-refractivity contribution >= 4 is 5.91 Å². The first-order chi connectivity index (χ1) is 6.86. The van der Waals surface area contributed by atoms with Crippen LogP contribution in [0.15, 0.2) is 23.0 Å². The van der Waals surface area contributed by atoms with Crippen LogP contribution in [0.4, 0.5) is 0 Å². The normalized spacial score (nSPS) is 22.0. The lowest BCUT2D eigenvalue weighted by molar-refractivity contribution is -0.124. The smallest absolute Gasteiger partial charge is 0.237 e. The number of piperidine rings is 1. The average Bonchev–Trinajstić information content (AvgIpc) is 2.69. The molecule has 1 fully saturated rings. The first kappa shape index (κ1) is 9.27. The molecule has 0 radical (unpaired) electrons. The fourth-order valence-electron chi connectivity index (χ4n) is 1.60. The second-order valence-corrected chi connectivity index (χ2v) is 3.50. The molecule has 1 atom stereocenters. The zero-order chi connectivity index (χ0) is 9.80. The predicted octanol–water partition coefficient (Wildman–Crippen LogP) is 0.648. The van der Waals surface area contributed by atoms with Crippen LogP contribution in [-0.2, 0) is 11.3 Å². The standard InChI is InChI=1S/C10H14N2O2/c13-10-9(2-1-4-11-10)12-6-8-3-5-14-7-8/h3,5,7,9,12H,1-2,4,6H2,(H,11,13). The van der Waals surface area contributed by atoms with Crippen LogP contribution in [-0.4, -0.2) is 18.5 Å². The number of amides is 1. The van der Waals surface area contributed by atoms with E-state index >= 15 is 0 Å². The number of hydrogen-bond acceptors (Lipinski definition) is 3. The molecule has 0 spiro atoms. The molecule has 1 aliphatic rings. The Bertz CT molecular complexity index is 295. The summed E-state index contributed by atoms with van der Waals surface area (Å²) >= 11 is 0. The lowest BCUT2D eigenvalue weighted by Crippen LogP contribution is -2.47. The van der Waals surface area contributed by atoms with Gasteiger partial charge < -0.3 is 15.1 Å². The van der Waals surface area contributed by atoms with E-state index in [0.29, 0.717) is 6.54 Å². The predicted molar refractivity (Wildman–Crippen MR) is 51.6 cm³/mol. The van der Waals surface area contributed by atoms with Crippen LogP contribution in [0.3, 0.4) is 0 Å². The van der Waals surface area contributed by atoms with Crippen LogP contribution in [0.2, 0.25) is 0 Å². The minimum absolute atomic E-state index is 0.0429. The third kappa shape index (κ3) is 2.14. The molecule has 2 N–H and O–H groups in total. The van der Waals surface area contributed by atoms with Gasteiger partial charge in [-0.3, -0.25) is 4.79 Å². The quantitative estimate of drug-likeness (QED) is 0.742. The van der Waals surface area contributed by atoms with Gasteiger partial charge in [-0.05, 0) is 18.9 Å². The maximum absolute atomic E-state index is 11.4. The van der Waals surface area contributed by atoms with Gasteiger partial charge in [0.2, 0.25) is 5.91 Å². The van der Waals surface area contributed by atoms with Crippen LogP contribution in [0, 0.1) is 0 Å². The van der Waals surface area contributed by atoms with Gasteiger partial charge in [-0.15, -0.1) is 0 Å². The minimum Gasteiger partial charge on any atom is -0.472 e. The molecule has 1 aromatic rings. The molecule has 1 saturated heterocycles. The van der Waals surface area contributed by atoms with Crippen molar-refractivity contribution in [2.24, 2.45) is 0 Å². The van der Waals surface area contributed by atoms with E-state index in [1.54, 1.807) is 12.5 Å². The van der Waals surface area contributed by atoms with Gasteiger partial charge in [0.05, 0.1) is 18.6 Å². The van der Waals surface area contributed by atoms with E-state index in [0.717, 1.165) is 24.9 Å². The Morgan fingerprint density at radius 3 is 3.29 bits per heavy atom. The van der Waals surface area contributed by atoms with Crippen molar-refractivity contribution in [3.8, 4) is 0 Å². The molecular formula is C10H14N2O2. The van der Waals surface area contributed by atoms with Crippen molar-refractivity contribution in [2.75, 3.05) is 6.54 Å². The number of carbonyl (C=O) groups excluding carboxylic acids is 1. The van der Waals surface area contributed by atoms with Crippen LogP contribution in [0.1, 0.15) is 18.4 Å². The van der Waals surface area contributed by atoms with E-state index in [2.05, 4.69) is 10.6 Å². The topological polar surface area (TPSA) is 54.3 Å². The third-order valence-corrected chi connectivity index (χ3v) is 2.42. The van der Waals surface area contributed by atoms with E-state index in [-0.39, 0.29) is 11.9 Å². The zero-order valence-electron chi connectivity index (χ0n) is 7.95. The molecular weight excluding hydrogens is 180 g/mol. The highest BCUT2D eigenvalue weighted by atomic mass is 16.3. The Hall–Kier alpha value is -1.29. The van der Waals surface area contributed by atoms with Gasteiger partial charge in [-0.25, -0.2) is 0 Å². The summed E-state index contributed by atoms with van der Waals surface area (Å²) in [6.07, 6.45) is 5.30. The largest absolute Gasteiger partial charge is 0.472 e. The van der Waals surface area contributed by atoms with Gasteiger partial charge in [0, 0.05) is 18.7 Å². The molecule has 1 aromatic heterocycles. The number of rotatable bonds is 3. The fourth-order valence-corrected chi connectivity index (χ4v) is 1.60. The molecule has 0 aromatic carbocycles. The van der Waals surface area contributed by atoms with Gasteiger partial charge in [0.25, 0.3) is 0 Å². The highest BCUT2D eigenvalue weighted by Crippen LogP contribution is 2.05. The van der Waals surface area contributed by atoms with Crippen molar-refractivity contribution in [3.05, 3.63) is 24.2 Å². The molecule has 0 bridgehead atoms. The summed E-state index contributed by atoms with van der Waals surface area (Å²) in [5, 5.41) is 6.04. The molecule has 0 aliphatic carbocycles. The van der Waals surface area contributed by atoms with Crippen molar-refractivity contribution in [1.29, 1.82) is 0 Å². The Balaban J connectivity index is 1.82. The Kier molecular flexibility index (Phi) is 2.84. The van der Waals surface area contributed by atoms with Gasteiger partial charge in [-0.2, -0.15) is 0 Å². The highest BCUT2D eigenvalue weighted by molar-refractivity contribution is 5.82. The van der Waals surface area contributed by atoms with Gasteiger partial charge >= 0.3 is 0 Å². The van der Waals surface area contributed by atoms with Crippen LogP contribution in [0.25, 0.3) is 0 Å². The van der Waals surface area contributed by atoms with Crippen molar-refractivity contribution in [3.63, 3.8) is 0 Å². The monoisotopic (exact) mass is 194 g/mol. The molecule has 1 amide bonds. The summed E-state index contributed by atoms with van der Waals surface area (Å²) in [5.41, 5.74) is 1.07. The Morgan fingerprint density at radius 1 is 1.64 bits per heavy atom. The van der Waals surface area contributed by atoms with Crippen molar-refractivity contribution in [1.82, 2.24) is 10.6 Å². The second-order valence-electron chi connectivity index (χ2n) is 3.50. The maximum Gasteiger partial charge on any atom is 0.237 e. The average molecular weight is 194 g/mol. The summed E-state index contributed by atoms with van der Waals surface area (Å²) in [5.74, 6) is 0.111. The van der Waals surface area contributed by atoms with Gasteiger partial charge in [-0.1, -0.05) is 0 Å². The highest BCUT2D eigenvalue weighted by Gasteiger charge is 2.20. The maximum atomic E-state index is 11.4. The lowest BCUT2D eigenvalue weighted by Gasteiger charge is -2.22. The van der Waals surface area contributed by atoms with Crippen LogP contribution in [0.5, 0.6) is 0 Å². The Labute approximate surface area is 82.7 Å². The van der Waals surface area contributed by atoms with E-state index in [9.17, 15) is 4.79 Å². The molecule has 2 rings (SSSR count). The van der Waals surface area contributed by atoms with E-state index in [4.69, 9.17) is 4.42 Å². The van der Waals surface area contributed by atoms with Crippen LogP contribution >= 0.6 is 0 Å². The molecule has 76 valence electrons. The number of nitrogens with one attached hydrogen (secondary N) is 2. The van der Waals surface area contributed by atoms with Crippen LogP contribution < -0.4 is 10.6 Å². The number of furan rings is 1. The second kappa shape index (κ2) is 4.28. The SMILES string of the molecule is O=C1NCCCC1NCc1ccoc1. The number of hydrogen-bond donors (Lipinski definition) is 2. The van der Waals surface area contributed by atoms with Gasteiger partial charge in [0.1, 0.15) is 0 Å². The number of carbonyl (C=O) groups is 1. The third-order valence-electron chi connectivity index (χ3n) is 2.42. The summed E-state index contributed by atoms with van der Waals surface area (Å²) in [7, 11) is 0. The van der Waals surface area contributed by atoms with Gasteiger partial charge in [0.15, 0.2) is 0 Å². The van der Waals surface area contributed by atoms with E-state index in [1.807, 2.05) is 6.07 Å². The zero-order valence-corrected chi connectivity index (χ0v) is 7.95. The molecule has 0 saturated carbocycles. The fraction of sp³-hybridized carbons (Fsp3) is 0.500. The summed E-state index contributed by atoms with van der Waals surface area (Å²) in [6.45, 7) is 1.50. The Morgan fingerprint density at radius 2 is 2.57 bits per heavy atom. The summed E-state index contributed by atoms with van der Waals surface area (Å²) < 4.78 is 4.94. The molecule has 1 unspecified atom stereocenters. The van der Waals surface area contributed by atoms with E-state index < -0.39 is 0 Å². The summed E-state index contributed by atoms with van der Waals surface area (Å²) in [6, 6.07) is 1.85.